The number of anilines is 2. The molecule has 0 aliphatic carbocycles. The van der Waals surface area contributed by atoms with Gasteiger partial charge in [0.1, 0.15) is 18.0 Å². The highest BCUT2D eigenvalue weighted by molar-refractivity contribution is 5.46. The number of nitrogens with one attached hydrogen (secondary N) is 2. The number of nitrogens with zero attached hydrogens (tertiary/aromatic N) is 2. The van der Waals surface area contributed by atoms with Crippen LogP contribution in [-0.2, 0) is 6.54 Å². The van der Waals surface area contributed by atoms with Crippen LogP contribution in [0.1, 0.15) is 12.0 Å². The molecule has 100 valence electrons. The van der Waals surface area contributed by atoms with Gasteiger partial charge in [-0.25, -0.2) is 9.97 Å². The van der Waals surface area contributed by atoms with Crippen molar-refractivity contribution >= 4 is 11.6 Å². The van der Waals surface area contributed by atoms with E-state index in [4.69, 9.17) is 5.11 Å². The van der Waals surface area contributed by atoms with E-state index in [1.165, 1.54) is 11.9 Å². The average molecular weight is 258 g/mol. The molecular formula is C14H18N4O. The molecule has 0 spiro atoms. The number of aliphatic hydroxyl groups excluding tert-OH is 1. The Morgan fingerprint density at radius 3 is 2.47 bits per heavy atom. The van der Waals surface area contributed by atoms with E-state index in [1.54, 1.807) is 0 Å². The van der Waals surface area contributed by atoms with E-state index in [-0.39, 0.29) is 6.61 Å². The second-order valence-electron chi connectivity index (χ2n) is 4.13. The van der Waals surface area contributed by atoms with Crippen LogP contribution in [0.15, 0.2) is 42.7 Å². The lowest BCUT2D eigenvalue weighted by atomic mass is 10.2. The van der Waals surface area contributed by atoms with Crippen molar-refractivity contribution < 1.29 is 5.11 Å². The Labute approximate surface area is 112 Å². The topological polar surface area (TPSA) is 70.1 Å². The number of hydrogen-bond acceptors (Lipinski definition) is 5. The summed E-state index contributed by atoms with van der Waals surface area (Å²) >= 11 is 0. The van der Waals surface area contributed by atoms with Gasteiger partial charge in [-0.1, -0.05) is 30.3 Å². The summed E-state index contributed by atoms with van der Waals surface area (Å²) in [6.45, 7) is 1.61. The number of hydrogen-bond donors (Lipinski definition) is 3. The lowest BCUT2D eigenvalue weighted by molar-refractivity contribution is 0.292. The van der Waals surface area contributed by atoms with E-state index in [9.17, 15) is 0 Å². The first kappa shape index (κ1) is 13.3. The molecule has 0 saturated carbocycles. The molecule has 0 aliphatic heterocycles. The lowest BCUT2D eigenvalue weighted by Crippen LogP contribution is -2.07. The summed E-state index contributed by atoms with van der Waals surface area (Å²) in [4.78, 5) is 8.29. The quantitative estimate of drug-likeness (QED) is 0.662. The highest BCUT2D eigenvalue weighted by Crippen LogP contribution is 2.10. The molecule has 0 bridgehead atoms. The van der Waals surface area contributed by atoms with Gasteiger partial charge in [-0.05, 0) is 12.0 Å². The maximum atomic E-state index is 8.72. The van der Waals surface area contributed by atoms with Gasteiger partial charge in [0.15, 0.2) is 0 Å². The fourth-order valence-electron chi connectivity index (χ4n) is 1.63. The summed E-state index contributed by atoms with van der Waals surface area (Å²) in [7, 11) is 0. The summed E-state index contributed by atoms with van der Waals surface area (Å²) in [5.74, 6) is 1.55. The van der Waals surface area contributed by atoms with Crippen LogP contribution in [-0.4, -0.2) is 28.2 Å². The van der Waals surface area contributed by atoms with Crippen molar-refractivity contribution in [2.75, 3.05) is 23.8 Å². The van der Waals surface area contributed by atoms with Gasteiger partial charge >= 0.3 is 0 Å². The molecule has 3 N–H and O–H groups in total. The molecule has 0 unspecified atom stereocenters. The molecule has 0 amide bonds. The Morgan fingerprint density at radius 2 is 1.74 bits per heavy atom. The third kappa shape index (κ3) is 4.56. The summed E-state index contributed by atoms with van der Waals surface area (Å²) in [6, 6.07) is 12.0. The molecule has 0 aliphatic rings. The van der Waals surface area contributed by atoms with Crippen LogP contribution in [0.5, 0.6) is 0 Å². The SMILES string of the molecule is OCCCNc1cc(NCc2ccccc2)ncn1. The maximum Gasteiger partial charge on any atom is 0.131 e. The van der Waals surface area contributed by atoms with Gasteiger partial charge in [0.05, 0.1) is 0 Å². The molecule has 1 aromatic carbocycles. The van der Waals surface area contributed by atoms with Crippen LogP contribution in [0.3, 0.4) is 0 Å². The fourth-order valence-corrected chi connectivity index (χ4v) is 1.63. The van der Waals surface area contributed by atoms with Crippen LogP contribution in [0.25, 0.3) is 0 Å². The molecule has 5 heteroatoms. The van der Waals surface area contributed by atoms with E-state index < -0.39 is 0 Å². The van der Waals surface area contributed by atoms with Gasteiger partial charge in [0, 0.05) is 25.8 Å². The number of rotatable bonds is 7. The molecule has 19 heavy (non-hydrogen) atoms. The van der Waals surface area contributed by atoms with Crippen molar-refractivity contribution in [1.82, 2.24) is 9.97 Å². The number of aromatic nitrogens is 2. The van der Waals surface area contributed by atoms with Crippen molar-refractivity contribution in [3.63, 3.8) is 0 Å². The zero-order valence-corrected chi connectivity index (χ0v) is 10.7. The van der Waals surface area contributed by atoms with Crippen LogP contribution >= 0.6 is 0 Å². The molecule has 0 fully saturated rings. The molecule has 1 heterocycles. The van der Waals surface area contributed by atoms with E-state index >= 15 is 0 Å². The van der Waals surface area contributed by atoms with Gasteiger partial charge in [-0.2, -0.15) is 0 Å². The minimum Gasteiger partial charge on any atom is -0.396 e. The van der Waals surface area contributed by atoms with Crippen molar-refractivity contribution in [3.05, 3.63) is 48.3 Å². The van der Waals surface area contributed by atoms with Crippen molar-refractivity contribution in [1.29, 1.82) is 0 Å². The summed E-state index contributed by atoms with van der Waals surface area (Å²) in [6.07, 6.45) is 2.23. The minimum atomic E-state index is 0.178. The Kier molecular flexibility index (Phi) is 5.13. The Hall–Kier alpha value is -2.14. The van der Waals surface area contributed by atoms with Crippen LogP contribution in [0, 0.1) is 0 Å². The van der Waals surface area contributed by atoms with Crippen LogP contribution in [0.4, 0.5) is 11.6 Å². The summed E-state index contributed by atoms with van der Waals surface area (Å²) < 4.78 is 0. The van der Waals surface area contributed by atoms with E-state index in [1.807, 2.05) is 24.3 Å². The van der Waals surface area contributed by atoms with Crippen molar-refractivity contribution in [2.45, 2.75) is 13.0 Å². The molecule has 2 rings (SSSR count). The summed E-state index contributed by atoms with van der Waals surface area (Å²) in [5, 5.41) is 15.1. The second kappa shape index (κ2) is 7.33. The van der Waals surface area contributed by atoms with Crippen LogP contribution in [0.2, 0.25) is 0 Å². The first-order chi connectivity index (χ1) is 9.38. The monoisotopic (exact) mass is 258 g/mol. The predicted molar refractivity (Wildman–Crippen MR) is 76.0 cm³/mol. The Morgan fingerprint density at radius 1 is 1.00 bits per heavy atom. The molecular weight excluding hydrogens is 240 g/mol. The smallest absolute Gasteiger partial charge is 0.131 e. The summed E-state index contributed by atoms with van der Waals surface area (Å²) in [5.41, 5.74) is 1.20. The largest absolute Gasteiger partial charge is 0.396 e. The first-order valence-electron chi connectivity index (χ1n) is 6.33. The zero-order chi connectivity index (χ0) is 13.3. The van der Waals surface area contributed by atoms with E-state index in [0.717, 1.165) is 18.2 Å². The predicted octanol–water partition coefficient (Wildman–Crippen LogP) is 1.88. The zero-order valence-electron chi connectivity index (χ0n) is 10.7. The molecule has 0 saturated heterocycles. The van der Waals surface area contributed by atoms with Gasteiger partial charge in [-0.3, -0.25) is 0 Å². The highest BCUT2D eigenvalue weighted by atomic mass is 16.3. The third-order valence-corrected chi connectivity index (χ3v) is 2.62. The molecule has 0 radical (unpaired) electrons. The Balaban J connectivity index is 1.88. The van der Waals surface area contributed by atoms with Gasteiger partial charge in [-0.15, -0.1) is 0 Å². The van der Waals surface area contributed by atoms with Gasteiger partial charge in [0.25, 0.3) is 0 Å². The minimum absolute atomic E-state index is 0.178. The second-order valence-corrected chi connectivity index (χ2v) is 4.13. The Bertz CT molecular complexity index is 490. The van der Waals surface area contributed by atoms with E-state index in [0.29, 0.717) is 13.0 Å². The lowest BCUT2D eigenvalue weighted by Gasteiger charge is -2.08. The molecule has 5 nitrogen and oxygen atoms in total. The number of benzene rings is 1. The fraction of sp³-hybridized carbons (Fsp3) is 0.286. The third-order valence-electron chi connectivity index (χ3n) is 2.62. The van der Waals surface area contributed by atoms with Crippen molar-refractivity contribution in [3.8, 4) is 0 Å². The normalized spacial score (nSPS) is 10.2. The van der Waals surface area contributed by atoms with Crippen LogP contribution < -0.4 is 10.6 Å². The standard InChI is InChI=1S/C14H18N4O/c19-8-4-7-15-13-9-14(18-11-17-13)16-10-12-5-2-1-3-6-12/h1-3,5-6,9,11,19H,4,7-8,10H2,(H2,15,16,17,18). The number of aliphatic hydroxyl groups is 1. The molecule has 1 aromatic heterocycles. The maximum absolute atomic E-state index is 8.72. The van der Waals surface area contributed by atoms with E-state index in [2.05, 4.69) is 32.7 Å². The van der Waals surface area contributed by atoms with Gasteiger partial charge < -0.3 is 15.7 Å². The van der Waals surface area contributed by atoms with Crippen molar-refractivity contribution in [2.24, 2.45) is 0 Å². The highest BCUT2D eigenvalue weighted by Gasteiger charge is 1.98. The van der Waals surface area contributed by atoms with Gasteiger partial charge in [0.2, 0.25) is 0 Å². The molecule has 2 aromatic rings. The average Bonchev–Trinajstić information content (AvgIpc) is 2.47. The first-order valence-corrected chi connectivity index (χ1v) is 6.33. The molecule has 0 atom stereocenters.